The van der Waals surface area contributed by atoms with E-state index in [1.54, 1.807) is 17.5 Å². The van der Waals surface area contributed by atoms with Crippen molar-refractivity contribution in [2.75, 3.05) is 24.2 Å². The second-order valence-corrected chi connectivity index (χ2v) is 9.72. The normalized spacial score (nSPS) is 16.2. The maximum absolute atomic E-state index is 12.1. The van der Waals surface area contributed by atoms with Crippen LogP contribution in [0.2, 0.25) is 0 Å². The van der Waals surface area contributed by atoms with E-state index in [1.165, 1.54) is 23.0 Å². The Morgan fingerprint density at radius 2 is 2.23 bits per heavy atom. The van der Waals surface area contributed by atoms with Crippen LogP contribution in [-0.2, 0) is 12.8 Å². The van der Waals surface area contributed by atoms with Gasteiger partial charge in [0.15, 0.2) is 5.13 Å². The predicted molar refractivity (Wildman–Crippen MR) is 122 cm³/mol. The van der Waals surface area contributed by atoms with E-state index in [4.69, 9.17) is 10.1 Å². The summed E-state index contributed by atoms with van der Waals surface area (Å²) in [4.78, 5) is 22.3. The van der Waals surface area contributed by atoms with Gasteiger partial charge in [-0.1, -0.05) is 30.0 Å². The van der Waals surface area contributed by atoms with Crippen LogP contribution >= 0.6 is 23.1 Å². The lowest BCUT2D eigenvalue weighted by Crippen LogP contribution is -2.30. The number of thiazole rings is 1. The van der Waals surface area contributed by atoms with Crippen molar-refractivity contribution in [1.29, 1.82) is 0 Å². The number of nitrogens with one attached hydrogen (secondary N) is 2. The third-order valence-electron chi connectivity index (χ3n) is 5.61. The summed E-state index contributed by atoms with van der Waals surface area (Å²) in [6, 6.07) is 4.41. The molecule has 156 valence electrons. The van der Waals surface area contributed by atoms with Crippen LogP contribution < -0.4 is 10.6 Å². The maximum Gasteiger partial charge on any atom is 0.285 e. The van der Waals surface area contributed by atoms with E-state index in [-0.39, 0.29) is 5.24 Å². The fourth-order valence-corrected chi connectivity index (χ4v) is 5.82. The molecule has 1 aliphatic carbocycles. The lowest BCUT2D eigenvalue weighted by atomic mass is 9.95. The highest BCUT2D eigenvalue weighted by molar-refractivity contribution is 8.13. The second kappa shape index (κ2) is 8.49. The Morgan fingerprint density at radius 1 is 1.37 bits per heavy atom. The lowest BCUT2D eigenvalue weighted by molar-refractivity contribution is 0.270. The van der Waals surface area contributed by atoms with Crippen molar-refractivity contribution >= 4 is 33.5 Å². The topological polar surface area (TPSA) is 84.7 Å². The summed E-state index contributed by atoms with van der Waals surface area (Å²) in [5.74, 6) is 0.748. The fourth-order valence-electron chi connectivity index (χ4n) is 4.25. The minimum absolute atomic E-state index is 0.0493. The third kappa shape index (κ3) is 3.66. The van der Waals surface area contributed by atoms with Gasteiger partial charge in [-0.25, -0.2) is 4.98 Å². The molecule has 0 aromatic carbocycles. The third-order valence-corrected chi connectivity index (χ3v) is 7.28. The molecule has 7 nitrogen and oxygen atoms in total. The van der Waals surface area contributed by atoms with Crippen LogP contribution in [0.3, 0.4) is 0 Å². The van der Waals surface area contributed by atoms with Crippen LogP contribution in [0.25, 0.3) is 21.8 Å². The van der Waals surface area contributed by atoms with Crippen LogP contribution in [0.5, 0.6) is 0 Å². The van der Waals surface area contributed by atoms with E-state index < -0.39 is 0 Å². The lowest BCUT2D eigenvalue weighted by Gasteiger charge is -2.25. The number of piperidine rings is 1. The number of thioether (sulfide) groups is 1. The number of aromatic nitrogens is 4. The Labute approximate surface area is 183 Å². The molecule has 1 saturated heterocycles. The number of rotatable bonds is 4. The zero-order valence-corrected chi connectivity index (χ0v) is 18.5. The number of nitrogens with zero attached hydrogens (tertiary/aromatic N) is 4. The van der Waals surface area contributed by atoms with Gasteiger partial charge in [0.2, 0.25) is 0 Å². The molecule has 1 aliphatic heterocycles. The van der Waals surface area contributed by atoms with Crippen LogP contribution in [0.1, 0.15) is 37.1 Å². The number of anilines is 1. The number of carbonyl (C=O) groups is 1. The van der Waals surface area contributed by atoms with E-state index in [9.17, 15) is 4.79 Å². The Hall–Kier alpha value is -2.23. The number of pyridine rings is 1. The maximum atomic E-state index is 12.1. The first-order valence-electron chi connectivity index (χ1n) is 10.4. The first-order valence-corrected chi connectivity index (χ1v) is 12.2. The molecule has 0 bridgehead atoms. The van der Waals surface area contributed by atoms with Crippen molar-refractivity contribution in [2.45, 2.75) is 38.6 Å². The Morgan fingerprint density at radius 3 is 3.00 bits per heavy atom. The zero-order valence-electron chi connectivity index (χ0n) is 16.9. The average molecular weight is 441 g/mol. The van der Waals surface area contributed by atoms with Crippen LogP contribution in [0.4, 0.5) is 9.93 Å². The van der Waals surface area contributed by atoms with E-state index >= 15 is 0 Å². The van der Waals surface area contributed by atoms with Crippen molar-refractivity contribution in [2.24, 2.45) is 0 Å². The largest absolute Gasteiger partial charge is 0.317 e. The van der Waals surface area contributed by atoms with Crippen molar-refractivity contribution in [3.05, 3.63) is 35.8 Å². The zero-order chi connectivity index (χ0) is 20.5. The van der Waals surface area contributed by atoms with Gasteiger partial charge < -0.3 is 5.32 Å². The molecule has 0 saturated carbocycles. The van der Waals surface area contributed by atoms with E-state index in [0.29, 0.717) is 11.2 Å². The number of fused-ring (bicyclic) bond motifs is 3. The predicted octanol–water partition coefficient (Wildman–Crippen LogP) is 4.38. The van der Waals surface area contributed by atoms with Gasteiger partial charge in [0.1, 0.15) is 0 Å². The molecule has 1 amide bonds. The molecule has 0 atom stereocenters. The summed E-state index contributed by atoms with van der Waals surface area (Å²) in [7, 11) is 0. The number of carbonyl (C=O) groups excluding carboxylic acids is 1. The van der Waals surface area contributed by atoms with E-state index in [0.717, 1.165) is 66.4 Å². The summed E-state index contributed by atoms with van der Waals surface area (Å²) < 4.78 is 2.24. The Balaban J connectivity index is 1.60. The Bertz CT molecular complexity index is 1060. The number of hydrogen-bond donors (Lipinski definition) is 2. The molecular weight excluding hydrogens is 416 g/mol. The molecule has 2 N–H and O–H groups in total. The molecule has 3 aromatic heterocycles. The SMILES string of the molecule is CCSC(=O)Nc1nc2c(s1)-c1c(c(-c3cccnc3)nn1C1CCNCC1)CC2. The minimum atomic E-state index is -0.0493. The summed E-state index contributed by atoms with van der Waals surface area (Å²) >= 11 is 2.84. The van der Waals surface area contributed by atoms with Crippen molar-refractivity contribution in [3.8, 4) is 21.8 Å². The first kappa shape index (κ1) is 19.7. The molecule has 0 unspecified atom stereocenters. The van der Waals surface area contributed by atoms with Gasteiger partial charge in [0.25, 0.3) is 5.24 Å². The highest BCUT2D eigenvalue weighted by Gasteiger charge is 2.32. The Kier molecular flexibility index (Phi) is 5.58. The van der Waals surface area contributed by atoms with Gasteiger partial charge in [0.05, 0.1) is 28.0 Å². The molecule has 0 spiro atoms. The molecular formula is C21H24N6OS2. The monoisotopic (exact) mass is 440 g/mol. The van der Waals surface area contributed by atoms with Gasteiger partial charge >= 0.3 is 0 Å². The molecule has 2 aliphatic rings. The summed E-state index contributed by atoms with van der Waals surface area (Å²) in [5, 5.41) is 12.2. The first-order chi connectivity index (χ1) is 14.7. The van der Waals surface area contributed by atoms with E-state index in [2.05, 4.69) is 26.4 Å². The van der Waals surface area contributed by atoms with Crippen molar-refractivity contribution < 1.29 is 4.79 Å². The van der Waals surface area contributed by atoms with Crippen LogP contribution in [0, 0.1) is 0 Å². The van der Waals surface area contributed by atoms with Crippen molar-refractivity contribution in [3.63, 3.8) is 0 Å². The second-order valence-electron chi connectivity index (χ2n) is 7.48. The van der Waals surface area contributed by atoms with Gasteiger partial charge in [0, 0.05) is 23.5 Å². The summed E-state index contributed by atoms with van der Waals surface area (Å²) in [6.07, 6.45) is 7.58. The van der Waals surface area contributed by atoms with Crippen molar-refractivity contribution in [1.82, 2.24) is 25.1 Å². The average Bonchev–Trinajstić information content (AvgIpc) is 3.36. The molecule has 9 heteroatoms. The number of hydrogen-bond acceptors (Lipinski definition) is 7. The van der Waals surface area contributed by atoms with Gasteiger partial charge in [-0.05, 0) is 56.7 Å². The van der Waals surface area contributed by atoms with Gasteiger partial charge in [-0.3, -0.25) is 19.8 Å². The molecule has 1 fully saturated rings. The summed E-state index contributed by atoms with van der Waals surface area (Å²) in [6.45, 7) is 3.99. The quantitative estimate of drug-likeness (QED) is 0.626. The standard InChI is InChI=1S/C21H24N6OS2/c1-2-29-21(28)25-20-24-16-6-5-15-17(13-4-3-9-23-12-13)26-27(18(15)19(16)30-20)14-7-10-22-11-8-14/h3-4,9,12,14,22H,2,5-8,10-11H2,1H3,(H,24,25,28). The number of aryl methyl sites for hydroxylation is 1. The molecule has 4 heterocycles. The fraction of sp³-hybridized carbons (Fsp3) is 0.429. The smallest absolute Gasteiger partial charge is 0.285 e. The summed E-state index contributed by atoms with van der Waals surface area (Å²) in [5.41, 5.74) is 5.61. The molecule has 5 rings (SSSR count). The molecule has 0 radical (unpaired) electrons. The minimum Gasteiger partial charge on any atom is -0.317 e. The van der Waals surface area contributed by atoms with Gasteiger partial charge in [-0.15, -0.1) is 0 Å². The number of amides is 1. The van der Waals surface area contributed by atoms with Crippen LogP contribution in [0.15, 0.2) is 24.5 Å². The van der Waals surface area contributed by atoms with Gasteiger partial charge in [-0.2, -0.15) is 5.10 Å². The highest BCUT2D eigenvalue weighted by Crippen LogP contribution is 2.44. The van der Waals surface area contributed by atoms with E-state index in [1.807, 2.05) is 19.2 Å². The molecule has 3 aromatic rings. The highest BCUT2D eigenvalue weighted by atomic mass is 32.2. The molecule has 30 heavy (non-hydrogen) atoms. The van der Waals surface area contributed by atoms with Crippen LogP contribution in [-0.4, -0.2) is 43.8 Å².